The van der Waals surface area contributed by atoms with E-state index in [1.54, 1.807) is 7.11 Å². The third kappa shape index (κ3) is 2.90. The molecule has 0 radical (unpaired) electrons. The maximum absolute atomic E-state index is 13.3. The van der Waals surface area contributed by atoms with E-state index >= 15 is 0 Å². The summed E-state index contributed by atoms with van der Waals surface area (Å²) in [6.45, 7) is 1.84. The molecule has 146 valence electrons. The van der Waals surface area contributed by atoms with Crippen LogP contribution in [-0.2, 0) is 26.5 Å². The lowest BCUT2D eigenvalue weighted by Crippen LogP contribution is -2.47. The lowest BCUT2D eigenvalue weighted by molar-refractivity contribution is -0.256. The van der Waals surface area contributed by atoms with Gasteiger partial charge in [-0.15, -0.1) is 0 Å². The van der Waals surface area contributed by atoms with Crippen molar-refractivity contribution in [2.75, 3.05) is 31.8 Å². The molecule has 3 aliphatic rings. The summed E-state index contributed by atoms with van der Waals surface area (Å²) in [5.41, 5.74) is 4.01. The van der Waals surface area contributed by atoms with E-state index in [4.69, 9.17) is 14.2 Å². The van der Waals surface area contributed by atoms with Gasteiger partial charge in [-0.25, -0.2) is 0 Å². The highest BCUT2D eigenvalue weighted by molar-refractivity contribution is 6.06. The first-order valence-electron chi connectivity index (χ1n) is 10.1. The molecule has 5 heteroatoms. The fourth-order valence-corrected chi connectivity index (χ4v) is 4.21. The number of rotatable bonds is 5. The molecule has 0 N–H and O–H groups in total. The monoisotopic (exact) mass is 379 g/mol. The average molecular weight is 379 g/mol. The molecule has 28 heavy (non-hydrogen) atoms. The number of carbonyl (C=O) groups excluding carboxylic acids is 1. The summed E-state index contributed by atoms with van der Waals surface area (Å²) in [6, 6.07) is 14.3. The number of hydrogen-bond donors (Lipinski definition) is 0. The molecule has 1 saturated carbocycles. The number of para-hydroxylation sites is 1. The smallest absolute Gasteiger partial charge is 0.292 e. The lowest BCUT2D eigenvalue weighted by atomic mass is 9.98. The van der Waals surface area contributed by atoms with E-state index in [0.717, 1.165) is 47.5 Å². The minimum absolute atomic E-state index is 0.0662. The first-order chi connectivity index (χ1) is 13.7. The van der Waals surface area contributed by atoms with Gasteiger partial charge in [0, 0.05) is 18.5 Å². The van der Waals surface area contributed by atoms with Gasteiger partial charge in [0.05, 0.1) is 26.0 Å². The topological polar surface area (TPSA) is 48.0 Å². The zero-order valence-electron chi connectivity index (χ0n) is 16.1. The summed E-state index contributed by atoms with van der Waals surface area (Å²) in [4.78, 5) is 15.2. The van der Waals surface area contributed by atoms with Gasteiger partial charge >= 0.3 is 0 Å². The van der Waals surface area contributed by atoms with Crippen molar-refractivity contribution < 1.29 is 19.0 Å². The Hall–Kier alpha value is -2.37. The molecule has 0 atom stereocenters. The maximum atomic E-state index is 13.3. The van der Waals surface area contributed by atoms with Crippen molar-refractivity contribution in [1.29, 1.82) is 0 Å². The molecule has 0 unspecified atom stereocenters. The summed E-state index contributed by atoms with van der Waals surface area (Å²) in [5.74, 6) is 0.140. The molecule has 1 aliphatic carbocycles. The van der Waals surface area contributed by atoms with Crippen LogP contribution in [0.1, 0.15) is 36.0 Å². The largest absolute Gasteiger partial charge is 0.496 e. The molecular weight excluding hydrogens is 354 g/mol. The van der Waals surface area contributed by atoms with Crippen molar-refractivity contribution in [3.8, 4) is 5.75 Å². The van der Waals surface area contributed by atoms with Gasteiger partial charge in [0.15, 0.2) is 0 Å². The zero-order chi connectivity index (χ0) is 19.1. The number of ether oxygens (including phenoxy) is 3. The van der Waals surface area contributed by atoms with Gasteiger partial charge in [-0.05, 0) is 54.5 Å². The van der Waals surface area contributed by atoms with Crippen molar-refractivity contribution in [1.82, 2.24) is 0 Å². The first kappa shape index (κ1) is 17.7. The molecule has 0 aromatic heterocycles. The Morgan fingerprint density at radius 1 is 1.14 bits per heavy atom. The summed E-state index contributed by atoms with van der Waals surface area (Å²) in [5, 5.41) is 0. The highest BCUT2D eigenvalue weighted by Crippen LogP contribution is 2.47. The van der Waals surface area contributed by atoms with Crippen molar-refractivity contribution in [2.24, 2.45) is 5.92 Å². The fourth-order valence-electron chi connectivity index (χ4n) is 4.21. The van der Waals surface area contributed by atoms with E-state index in [-0.39, 0.29) is 5.91 Å². The second-order valence-corrected chi connectivity index (χ2v) is 7.87. The average Bonchev–Trinajstić information content (AvgIpc) is 3.53. The predicted molar refractivity (Wildman–Crippen MR) is 106 cm³/mol. The van der Waals surface area contributed by atoms with Gasteiger partial charge in [0.2, 0.25) is 0 Å². The molecule has 2 aliphatic heterocycles. The number of carbonyl (C=O) groups is 1. The van der Waals surface area contributed by atoms with Crippen LogP contribution in [0.2, 0.25) is 0 Å². The molecule has 2 heterocycles. The minimum atomic E-state index is -1.26. The molecule has 1 amide bonds. The van der Waals surface area contributed by atoms with Crippen molar-refractivity contribution >= 4 is 11.6 Å². The molecule has 2 aromatic carbocycles. The van der Waals surface area contributed by atoms with E-state index < -0.39 is 5.79 Å². The number of amides is 1. The molecular formula is C23H25NO4. The van der Waals surface area contributed by atoms with Crippen LogP contribution in [-0.4, -0.2) is 32.8 Å². The highest BCUT2D eigenvalue weighted by Gasteiger charge is 2.55. The number of nitrogens with zero attached hydrogens (tertiary/aromatic N) is 1. The fraction of sp³-hybridized carbons (Fsp3) is 0.435. The molecule has 1 spiro atoms. The Morgan fingerprint density at radius 2 is 1.93 bits per heavy atom. The van der Waals surface area contributed by atoms with Gasteiger partial charge in [0.1, 0.15) is 5.75 Å². The summed E-state index contributed by atoms with van der Waals surface area (Å²) in [6.07, 6.45) is 3.93. The standard InChI is InChI=1S/C23H25NO4/c1-26-21-6-3-2-5-18(21)13-17-9-10-20-19(14-17)23(27-11-4-12-28-23)22(25)24(20)15-16-7-8-16/h2-3,5-6,9-10,14,16H,4,7-8,11-13,15H2,1H3. The Balaban J connectivity index is 1.53. The van der Waals surface area contributed by atoms with E-state index in [9.17, 15) is 4.79 Å². The van der Waals surface area contributed by atoms with Crippen molar-refractivity contribution in [3.05, 3.63) is 59.2 Å². The Labute approximate surface area is 165 Å². The predicted octanol–water partition coefficient (Wildman–Crippen LogP) is 3.63. The second kappa shape index (κ2) is 6.90. The van der Waals surface area contributed by atoms with Crippen LogP contribution in [0, 0.1) is 5.92 Å². The number of methoxy groups -OCH3 is 1. The van der Waals surface area contributed by atoms with Crippen LogP contribution in [0.25, 0.3) is 0 Å². The SMILES string of the molecule is COc1ccccc1Cc1ccc2c(c1)C1(OCCCO1)C(=O)N2CC1CC1. The van der Waals surface area contributed by atoms with E-state index in [2.05, 4.69) is 24.3 Å². The summed E-state index contributed by atoms with van der Waals surface area (Å²) in [7, 11) is 1.69. The molecule has 2 fully saturated rings. The Morgan fingerprint density at radius 3 is 2.68 bits per heavy atom. The quantitative estimate of drug-likeness (QED) is 0.796. The van der Waals surface area contributed by atoms with Gasteiger partial charge in [-0.3, -0.25) is 4.79 Å². The maximum Gasteiger partial charge on any atom is 0.292 e. The molecule has 2 aromatic rings. The third-order valence-corrected chi connectivity index (χ3v) is 5.86. The number of anilines is 1. The summed E-state index contributed by atoms with van der Waals surface area (Å²) >= 11 is 0. The van der Waals surface area contributed by atoms with E-state index in [0.29, 0.717) is 19.1 Å². The normalized spacial score (nSPS) is 20.5. The first-order valence-corrected chi connectivity index (χ1v) is 10.1. The van der Waals surface area contributed by atoms with E-state index in [1.807, 2.05) is 23.1 Å². The second-order valence-electron chi connectivity index (χ2n) is 7.87. The molecule has 1 saturated heterocycles. The van der Waals surface area contributed by atoms with Crippen LogP contribution in [0.4, 0.5) is 5.69 Å². The van der Waals surface area contributed by atoms with Crippen LogP contribution < -0.4 is 9.64 Å². The Kier molecular flexibility index (Phi) is 4.37. The Bertz CT molecular complexity index is 899. The molecule has 0 bridgehead atoms. The van der Waals surface area contributed by atoms with Crippen LogP contribution in [0.5, 0.6) is 5.75 Å². The number of benzene rings is 2. The molecule has 5 rings (SSSR count). The number of fused-ring (bicyclic) bond motifs is 2. The lowest BCUT2D eigenvalue weighted by Gasteiger charge is -2.32. The van der Waals surface area contributed by atoms with Gasteiger partial charge < -0.3 is 19.1 Å². The van der Waals surface area contributed by atoms with Crippen LogP contribution >= 0.6 is 0 Å². The zero-order valence-corrected chi connectivity index (χ0v) is 16.1. The number of hydrogen-bond acceptors (Lipinski definition) is 4. The minimum Gasteiger partial charge on any atom is -0.496 e. The van der Waals surface area contributed by atoms with Crippen LogP contribution in [0.15, 0.2) is 42.5 Å². The summed E-state index contributed by atoms with van der Waals surface area (Å²) < 4.78 is 17.5. The van der Waals surface area contributed by atoms with Gasteiger partial charge in [-0.1, -0.05) is 24.3 Å². The molecule has 5 nitrogen and oxygen atoms in total. The van der Waals surface area contributed by atoms with Crippen LogP contribution in [0.3, 0.4) is 0 Å². The van der Waals surface area contributed by atoms with Gasteiger partial charge in [0.25, 0.3) is 11.7 Å². The van der Waals surface area contributed by atoms with E-state index in [1.165, 1.54) is 12.8 Å². The van der Waals surface area contributed by atoms with Crippen molar-refractivity contribution in [3.63, 3.8) is 0 Å². The van der Waals surface area contributed by atoms with Gasteiger partial charge in [-0.2, -0.15) is 0 Å². The highest BCUT2D eigenvalue weighted by atomic mass is 16.7. The third-order valence-electron chi connectivity index (χ3n) is 5.86. The van der Waals surface area contributed by atoms with Crippen molar-refractivity contribution in [2.45, 2.75) is 31.5 Å².